The van der Waals surface area contributed by atoms with E-state index in [0.717, 1.165) is 44.2 Å². The highest BCUT2D eigenvalue weighted by atomic mass is 32.1. The third-order valence-electron chi connectivity index (χ3n) is 10.9. The van der Waals surface area contributed by atoms with Gasteiger partial charge in [0.05, 0.1) is 6.04 Å². The number of Topliss-reactive ketones (excluding diaryl/α,β-unsaturated/α-hetero) is 2. The summed E-state index contributed by atoms with van der Waals surface area (Å²) >= 11 is 1.25. The van der Waals surface area contributed by atoms with Crippen LogP contribution in [0.4, 0.5) is 0 Å². The van der Waals surface area contributed by atoms with E-state index in [2.05, 4.69) is 42.9 Å². The van der Waals surface area contributed by atoms with Crippen molar-refractivity contribution in [3.63, 3.8) is 0 Å². The number of rotatable bonds is 21. The first kappa shape index (κ1) is 44.0. The first-order chi connectivity index (χ1) is 25.2. The molecule has 0 aliphatic carbocycles. The molecule has 1 saturated heterocycles. The highest BCUT2D eigenvalue weighted by Gasteiger charge is 2.39. The minimum Gasteiger partial charge on any atom is -0.455 e. The summed E-state index contributed by atoms with van der Waals surface area (Å²) in [6, 6.07) is 9.08. The molecular weight excluding hydrogens is 689 g/mol. The fourth-order valence-corrected chi connectivity index (χ4v) is 8.25. The summed E-state index contributed by atoms with van der Waals surface area (Å²) in [6.07, 6.45) is 5.21. The molecule has 1 aromatic carbocycles. The number of ether oxygens (including phenoxy) is 1. The van der Waals surface area contributed by atoms with Crippen molar-refractivity contribution < 1.29 is 28.7 Å². The molecule has 0 unspecified atom stereocenters. The largest absolute Gasteiger partial charge is 0.455 e. The van der Waals surface area contributed by atoms with Crippen LogP contribution in [0.25, 0.3) is 0 Å². The molecule has 1 aliphatic rings. The van der Waals surface area contributed by atoms with Crippen LogP contribution in [0.5, 0.6) is 0 Å². The first-order valence-electron chi connectivity index (χ1n) is 19.7. The Labute approximate surface area is 321 Å². The third-order valence-corrected chi connectivity index (χ3v) is 11.9. The van der Waals surface area contributed by atoms with E-state index in [1.807, 2.05) is 56.1 Å². The van der Waals surface area contributed by atoms with E-state index in [0.29, 0.717) is 30.8 Å². The zero-order valence-corrected chi connectivity index (χ0v) is 34.4. The summed E-state index contributed by atoms with van der Waals surface area (Å²) in [5, 5.41) is 5.25. The number of amides is 2. The Morgan fingerprint density at radius 3 is 2.30 bits per heavy atom. The topological polar surface area (TPSA) is 126 Å². The highest BCUT2D eigenvalue weighted by molar-refractivity contribution is 7.09. The van der Waals surface area contributed by atoms with Crippen molar-refractivity contribution in [1.82, 2.24) is 20.1 Å². The van der Waals surface area contributed by atoms with Crippen LogP contribution in [-0.4, -0.2) is 82.4 Å². The van der Waals surface area contributed by atoms with Crippen molar-refractivity contribution >= 4 is 40.7 Å². The Kier molecular flexibility index (Phi) is 17.8. The van der Waals surface area contributed by atoms with E-state index in [1.165, 1.54) is 18.3 Å². The van der Waals surface area contributed by atoms with Crippen molar-refractivity contribution in [2.24, 2.45) is 23.7 Å². The van der Waals surface area contributed by atoms with E-state index in [9.17, 15) is 24.0 Å². The summed E-state index contributed by atoms with van der Waals surface area (Å²) in [7, 11) is 2.00. The van der Waals surface area contributed by atoms with E-state index in [4.69, 9.17) is 4.74 Å². The van der Waals surface area contributed by atoms with Crippen molar-refractivity contribution in [3.05, 3.63) is 52.0 Å². The number of esters is 1. The SMILES string of the molecule is CCCN(C(=O)[C@@H](CC(=O)[C@H]1CCCCN1C)[C@@H](C)CC)[C@H](C[C@@H](OC(C)=O)c1nc(C(=O)N[C@@H](Cc2ccccc2)C[C@H](C)C(C)=O)cs1)C(C)C. The summed E-state index contributed by atoms with van der Waals surface area (Å²) < 4.78 is 5.88. The fourth-order valence-electron chi connectivity index (χ4n) is 7.41. The van der Waals surface area contributed by atoms with Crippen LogP contribution in [0.1, 0.15) is 134 Å². The Morgan fingerprint density at radius 1 is 1.02 bits per heavy atom. The molecule has 0 spiro atoms. The number of aromatic nitrogens is 1. The van der Waals surface area contributed by atoms with Gasteiger partial charge in [0.1, 0.15) is 16.5 Å². The van der Waals surface area contributed by atoms with Gasteiger partial charge in [-0.1, -0.05) is 84.7 Å². The number of ketones is 2. The summed E-state index contributed by atoms with van der Waals surface area (Å²) in [5.41, 5.74) is 1.26. The molecule has 7 atom stereocenters. The Hall–Kier alpha value is -3.44. The second-order valence-corrected chi connectivity index (χ2v) is 16.4. The van der Waals surface area contributed by atoms with Gasteiger partial charge in [-0.3, -0.25) is 28.9 Å². The third kappa shape index (κ3) is 13.1. The van der Waals surface area contributed by atoms with Gasteiger partial charge in [0.2, 0.25) is 5.91 Å². The van der Waals surface area contributed by atoms with Gasteiger partial charge < -0.3 is 15.0 Å². The van der Waals surface area contributed by atoms with Gasteiger partial charge in [-0.05, 0) is 70.0 Å². The number of carbonyl (C=O) groups excluding carboxylic acids is 5. The summed E-state index contributed by atoms with van der Waals surface area (Å²) in [4.78, 5) is 75.3. The molecule has 1 fully saturated rings. The maximum absolute atomic E-state index is 14.6. The molecule has 2 amide bonds. The molecule has 294 valence electrons. The fraction of sp³-hybridized carbons (Fsp3) is 0.667. The number of likely N-dealkylation sites (tertiary alicyclic amines) is 1. The van der Waals surface area contributed by atoms with Crippen molar-refractivity contribution in [3.8, 4) is 0 Å². The molecule has 1 N–H and O–H groups in total. The molecule has 2 heterocycles. The number of nitrogens with zero attached hydrogens (tertiary/aromatic N) is 3. The van der Waals surface area contributed by atoms with Crippen molar-refractivity contribution in [1.29, 1.82) is 0 Å². The number of thiazole rings is 1. The number of piperidine rings is 1. The number of benzene rings is 1. The normalized spacial score (nSPS) is 18.3. The zero-order chi connectivity index (χ0) is 39.2. The number of hydrogen-bond acceptors (Lipinski definition) is 9. The molecule has 53 heavy (non-hydrogen) atoms. The van der Waals surface area contributed by atoms with E-state index in [-0.39, 0.29) is 71.4 Å². The molecule has 0 saturated carbocycles. The van der Waals surface area contributed by atoms with Crippen LogP contribution in [-0.2, 0) is 30.3 Å². The van der Waals surface area contributed by atoms with E-state index < -0.39 is 18.0 Å². The lowest BCUT2D eigenvalue weighted by atomic mass is 9.82. The summed E-state index contributed by atoms with van der Waals surface area (Å²) in [6.45, 7) is 16.5. The maximum Gasteiger partial charge on any atom is 0.303 e. The van der Waals surface area contributed by atoms with Gasteiger partial charge in [0, 0.05) is 55.6 Å². The van der Waals surface area contributed by atoms with Crippen molar-refractivity contribution in [2.75, 3.05) is 20.1 Å². The Bertz CT molecular complexity index is 1500. The van der Waals surface area contributed by atoms with Gasteiger partial charge in [0.15, 0.2) is 11.9 Å². The summed E-state index contributed by atoms with van der Waals surface area (Å²) in [5.74, 6) is -1.33. The quantitative estimate of drug-likeness (QED) is 0.130. The van der Waals surface area contributed by atoms with Crippen LogP contribution < -0.4 is 5.32 Å². The predicted octanol–water partition coefficient (Wildman–Crippen LogP) is 7.46. The van der Waals surface area contributed by atoms with Gasteiger partial charge in [-0.25, -0.2) is 4.98 Å². The predicted molar refractivity (Wildman–Crippen MR) is 211 cm³/mol. The molecule has 11 heteroatoms. The number of likely N-dealkylation sites (N-methyl/N-ethyl adjacent to an activating group) is 1. The molecule has 0 bridgehead atoms. The first-order valence-corrected chi connectivity index (χ1v) is 20.6. The molecule has 1 aromatic heterocycles. The van der Waals surface area contributed by atoms with Crippen molar-refractivity contribution in [2.45, 2.75) is 137 Å². The molecule has 3 rings (SSSR count). The minimum absolute atomic E-state index is 0.00561. The average molecular weight is 753 g/mol. The second kappa shape index (κ2) is 21.4. The van der Waals surface area contributed by atoms with Crippen LogP contribution >= 0.6 is 11.3 Å². The lowest BCUT2D eigenvalue weighted by molar-refractivity contribution is -0.150. The number of nitrogens with one attached hydrogen (secondary N) is 1. The molecule has 10 nitrogen and oxygen atoms in total. The van der Waals surface area contributed by atoms with Crippen LogP contribution in [0.15, 0.2) is 35.7 Å². The Morgan fingerprint density at radius 2 is 1.72 bits per heavy atom. The van der Waals surface area contributed by atoms with Gasteiger partial charge >= 0.3 is 5.97 Å². The minimum atomic E-state index is -0.781. The molecule has 0 radical (unpaired) electrons. The van der Waals surface area contributed by atoms with Crippen LogP contribution in [0, 0.1) is 23.7 Å². The number of carbonyl (C=O) groups is 5. The zero-order valence-electron chi connectivity index (χ0n) is 33.6. The Balaban J connectivity index is 1.87. The highest BCUT2D eigenvalue weighted by Crippen LogP contribution is 2.33. The molecule has 1 aliphatic heterocycles. The molecular formula is C42H64N4O6S. The van der Waals surface area contributed by atoms with Gasteiger partial charge in [0.25, 0.3) is 5.91 Å². The monoisotopic (exact) mass is 752 g/mol. The van der Waals surface area contributed by atoms with E-state index in [1.54, 1.807) is 12.3 Å². The maximum atomic E-state index is 14.6. The smallest absolute Gasteiger partial charge is 0.303 e. The van der Waals surface area contributed by atoms with Gasteiger partial charge in [-0.2, -0.15) is 0 Å². The molecule has 2 aromatic rings. The lowest BCUT2D eigenvalue weighted by Gasteiger charge is -2.39. The average Bonchev–Trinajstić information content (AvgIpc) is 3.62. The number of hydrogen-bond donors (Lipinski definition) is 1. The lowest BCUT2D eigenvalue weighted by Crippen LogP contribution is -2.50. The second-order valence-electron chi connectivity index (χ2n) is 15.5. The van der Waals surface area contributed by atoms with E-state index >= 15 is 0 Å². The van der Waals surface area contributed by atoms with Crippen LogP contribution in [0.3, 0.4) is 0 Å². The van der Waals surface area contributed by atoms with Gasteiger partial charge in [-0.15, -0.1) is 11.3 Å². The van der Waals surface area contributed by atoms with Crippen LogP contribution in [0.2, 0.25) is 0 Å². The standard InChI is InChI=1S/C42H64N4O6S/c1-10-20-46(42(51)34(28(5)11-2)24-38(49)36-19-15-16-21-45(36)9)37(27(3)4)25-39(52-31(8)48)41-44-35(26-53-41)40(50)43-33(22-29(6)30(7)47)23-32-17-13-12-14-18-32/h12-14,17-18,26-29,33-34,36-37,39H,10-11,15-16,19-25H2,1-9H3,(H,43,50)/t28-,29-,33+,34-,36+,37+,39+/m0/s1.